The first-order valence-electron chi connectivity index (χ1n) is 3.49. The van der Waals surface area contributed by atoms with E-state index in [4.69, 9.17) is 5.11 Å². The van der Waals surface area contributed by atoms with Gasteiger partial charge in [-0.15, -0.1) is 0 Å². The average Bonchev–Trinajstić information content (AvgIpc) is 2.03. The lowest BCUT2D eigenvalue weighted by Crippen LogP contribution is -2.30. The third kappa shape index (κ3) is 2.54. The van der Waals surface area contributed by atoms with E-state index in [0.717, 1.165) is 5.03 Å². The fourth-order valence-corrected chi connectivity index (χ4v) is 1.50. The van der Waals surface area contributed by atoms with Gasteiger partial charge < -0.3 is 5.11 Å². The number of thioether (sulfide) groups is 1. The van der Waals surface area contributed by atoms with Gasteiger partial charge in [0.1, 0.15) is 12.8 Å². The van der Waals surface area contributed by atoms with Gasteiger partial charge in [0.25, 0.3) is 0 Å². The number of pyridine rings is 1. The second kappa shape index (κ2) is 4.11. The summed E-state index contributed by atoms with van der Waals surface area (Å²) >= 11 is 1.32. The third-order valence-electron chi connectivity index (χ3n) is 1.35. The average molecular weight is 184 g/mol. The van der Waals surface area contributed by atoms with Gasteiger partial charge in [0.15, 0.2) is 6.20 Å². The SMILES string of the molecule is C[n+]1ccccc1SCC(=O)O. The zero-order chi connectivity index (χ0) is 8.97. The number of aryl methyl sites for hydroxylation is 1. The number of hydrogen-bond acceptors (Lipinski definition) is 2. The molecule has 12 heavy (non-hydrogen) atoms. The van der Waals surface area contributed by atoms with Crippen molar-refractivity contribution in [1.29, 1.82) is 0 Å². The van der Waals surface area contributed by atoms with Crippen molar-refractivity contribution in [3.63, 3.8) is 0 Å². The van der Waals surface area contributed by atoms with Crippen LogP contribution in [0.5, 0.6) is 0 Å². The first-order chi connectivity index (χ1) is 5.70. The van der Waals surface area contributed by atoms with Crippen LogP contribution >= 0.6 is 11.8 Å². The van der Waals surface area contributed by atoms with Gasteiger partial charge in [-0.3, -0.25) is 4.79 Å². The zero-order valence-corrected chi connectivity index (χ0v) is 7.54. The van der Waals surface area contributed by atoms with Crippen molar-refractivity contribution in [1.82, 2.24) is 0 Å². The van der Waals surface area contributed by atoms with Crippen molar-refractivity contribution in [2.24, 2.45) is 7.05 Å². The van der Waals surface area contributed by atoms with E-state index in [0.29, 0.717) is 0 Å². The lowest BCUT2D eigenvalue weighted by molar-refractivity contribution is -0.708. The van der Waals surface area contributed by atoms with Crippen molar-refractivity contribution in [2.45, 2.75) is 5.03 Å². The highest BCUT2D eigenvalue weighted by Gasteiger charge is 2.07. The summed E-state index contributed by atoms with van der Waals surface area (Å²) in [5.74, 6) is -0.679. The quantitative estimate of drug-likeness (QED) is 0.555. The molecule has 1 aromatic rings. The first kappa shape index (κ1) is 9.06. The Bertz CT molecular complexity index is 288. The standard InChI is InChI=1S/C8H9NO2S/c1-9-5-3-2-4-7(9)12-6-8(10)11/h2-5H,6H2,1H3/p+1. The Kier molecular flexibility index (Phi) is 3.10. The van der Waals surface area contributed by atoms with Crippen LogP contribution in [-0.4, -0.2) is 16.8 Å². The smallest absolute Gasteiger partial charge is 0.314 e. The Morgan fingerprint density at radius 2 is 2.42 bits per heavy atom. The molecule has 4 heteroatoms. The van der Waals surface area contributed by atoms with Crippen LogP contribution in [-0.2, 0) is 11.8 Å². The van der Waals surface area contributed by atoms with E-state index in [1.54, 1.807) is 0 Å². The molecule has 0 bridgehead atoms. The predicted octanol–water partition coefficient (Wildman–Crippen LogP) is 0.688. The molecular formula is C8H10NO2S+. The normalized spacial score (nSPS) is 9.75. The van der Waals surface area contributed by atoms with Crippen LogP contribution in [0.25, 0.3) is 0 Å². The van der Waals surface area contributed by atoms with E-state index in [9.17, 15) is 4.79 Å². The monoisotopic (exact) mass is 184 g/mol. The van der Waals surface area contributed by atoms with Gasteiger partial charge in [-0.1, -0.05) is 0 Å². The van der Waals surface area contributed by atoms with Gasteiger partial charge in [-0.05, 0) is 17.8 Å². The molecule has 0 amide bonds. The van der Waals surface area contributed by atoms with Crippen molar-refractivity contribution < 1.29 is 14.5 Å². The molecule has 3 nitrogen and oxygen atoms in total. The molecule has 64 valence electrons. The maximum atomic E-state index is 10.3. The number of aromatic nitrogens is 1. The minimum absolute atomic E-state index is 0.109. The summed E-state index contributed by atoms with van der Waals surface area (Å²) in [5.41, 5.74) is 0. The molecule has 0 aliphatic heterocycles. The van der Waals surface area contributed by atoms with Crippen LogP contribution in [0.4, 0.5) is 0 Å². The van der Waals surface area contributed by atoms with Gasteiger partial charge >= 0.3 is 5.97 Å². The number of carboxylic acid groups (broad SMARTS) is 1. The highest BCUT2D eigenvalue weighted by Crippen LogP contribution is 2.11. The van der Waals surface area contributed by atoms with E-state index in [1.165, 1.54) is 11.8 Å². The predicted molar refractivity (Wildman–Crippen MR) is 46.0 cm³/mol. The lowest BCUT2D eigenvalue weighted by Gasteiger charge is -1.95. The Morgan fingerprint density at radius 3 is 3.00 bits per heavy atom. The van der Waals surface area contributed by atoms with E-state index >= 15 is 0 Å². The summed E-state index contributed by atoms with van der Waals surface area (Å²) in [7, 11) is 1.89. The van der Waals surface area contributed by atoms with E-state index < -0.39 is 5.97 Å². The Balaban J connectivity index is 2.63. The summed E-state index contributed by atoms with van der Waals surface area (Å²) in [6.45, 7) is 0. The largest absolute Gasteiger partial charge is 0.481 e. The molecule has 1 aromatic heterocycles. The molecule has 0 aliphatic rings. The molecule has 0 fully saturated rings. The number of aliphatic carboxylic acids is 1. The van der Waals surface area contributed by atoms with Gasteiger partial charge in [0.05, 0.1) is 0 Å². The van der Waals surface area contributed by atoms with Gasteiger partial charge in [0.2, 0.25) is 5.03 Å². The maximum Gasteiger partial charge on any atom is 0.314 e. The summed E-state index contributed by atoms with van der Waals surface area (Å²) in [4.78, 5) is 10.3. The maximum absolute atomic E-state index is 10.3. The number of carboxylic acids is 1. The van der Waals surface area contributed by atoms with Crippen LogP contribution in [0.2, 0.25) is 0 Å². The van der Waals surface area contributed by atoms with Crippen LogP contribution in [0.3, 0.4) is 0 Å². The topological polar surface area (TPSA) is 41.2 Å². The van der Waals surface area contributed by atoms with E-state index in [2.05, 4.69) is 0 Å². The summed E-state index contributed by atoms with van der Waals surface area (Å²) in [6, 6.07) is 5.70. The highest BCUT2D eigenvalue weighted by atomic mass is 32.2. The second-order valence-electron chi connectivity index (χ2n) is 2.33. The number of carbonyl (C=O) groups is 1. The minimum atomic E-state index is -0.788. The molecule has 1 N–H and O–H groups in total. The van der Waals surface area contributed by atoms with E-state index in [1.807, 2.05) is 36.0 Å². The molecule has 0 aromatic carbocycles. The van der Waals surface area contributed by atoms with Gasteiger partial charge in [-0.25, -0.2) is 0 Å². The Morgan fingerprint density at radius 1 is 1.67 bits per heavy atom. The second-order valence-corrected chi connectivity index (χ2v) is 3.33. The molecule has 1 rings (SSSR count). The molecule has 0 saturated carbocycles. The molecule has 0 spiro atoms. The summed E-state index contributed by atoms with van der Waals surface area (Å²) in [5, 5.41) is 9.39. The molecule has 1 heterocycles. The minimum Gasteiger partial charge on any atom is -0.481 e. The Hall–Kier alpha value is -1.03. The molecule has 0 unspecified atom stereocenters. The Labute approximate surface area is 75.0 Å². The van der Waals surface area contributed by atoms with Crippen LogP contribution in [0.1, 0.15) is 0 Å². The van der Waals surface area contributed by atoms with Crippen molar-refractivity contribution in [3.8, 4) is 0 Å². The van der Waals surface area contributed by atoms with E-state index in [-0.39, 0.29) is 5.75 Å². The highest BCUT2D eigenvalue weighted by molar-refractivity contribution is 7.99. The van der Waals surface area contributed by atoms with Crippen molar-refractivity contribution >= 4 is 17.7 Å². The number of hydrogen-bond donors (Lipinski definition) is 1. The van der Waals surface area contributed by atoms with Gasteiger partial charge in [-0.2, -0.15) is 4.57 Å². The third-order valence-corrected chi connectivity index (χ3v) is 2.46. The number of nitrogens with zero attached hydrogens (tertiary/aromatic N) is 1. The van der Waals surface area contributed by atoms with Gasteiger partial charge in [0, 0.05) is 12.1 Å². The van der Waals surface area contributed by atoms with Crippen LogP contribution in [0.15, 0.2) is 29.4 Å². The lowest BCUT2D eigenvalue weighted by atomic mass is 10.5. The summed E-state index contributed by atoms with van der Waals surface area (Å²) < 4.78 is 1.90. The summed E-state index contributed by atoms with van der Waals surface area (Å²) in [6.07, 6.45) is 1.89. The zero-order valence-electron chi connectivity index (χ0n) is 6.73. The molecule has 0 saturated heterocycles. The number of rotatable bonds is 3. The molecule has 0 atom stereocenters. The first-order valence-corrected chi connectivity index (χ1v) is 4.48. The molecule has 0 radical (unpaired) electrons. The molecular weight excluding hydrogens is 174 g/mol. The van der Waals surface area contributed by atoms with Crippen molar-refractivity contribution in [2.75, 3.05) is 5.75 Å². The molecule has 0 aliphatic carbocycles. The fourth-order valence-electron chi connectivity index (χ4n) is 0.793. The van der Waals surface area contributed by atoms with Crippen LogP contribution in [0, 0.1) is 0 Å². The van der Waals surface area contributed by atoms with Crippen molar-refractivity contribution in [3.05, 3.63) is 24.4 Å². The fraction of sp³-hybridized carbons (Fsp3) is 0.250. The van der Waals surface area contributed by atoms with Crippen LogP contribution < -0.4 is 4.57 Å².